The predicted molar refractivity (Wildman–Crippen MR) is 89.9 cm³/mol. The lowest BCUT2D eigenvalue weighted by atomic mass is 10.00. The lowest BCUT2D eigenvalue weighted by molar-refractivity contribution is -0.385. The van der Waals surface area contributed by atoms with Crippen molar-refractivity contribution in [3.63, 3.8) is 0 Å². The molecule has 0 aromatic heterocycles. The summed E-state index contributed by atoms with van der Waals surface area (Å²) in [5.74, 6) is -0.709. The Kier molecular flexibility index (Phi) is 4.34. The number of nitrogens with zero attached hydrogens (tertiary/aromatic N) is 1. The Morgan fingerprint density at radius 3 is 2.21 bits per heavy atom. The van der Waals surface area contributed by atoms with Crippen LogP contribution in [0.25, 0.3) is 11.1 Å². The fourth-order valence-corrected chi connectivity index (χ4v) is 2.38. The molecule has 0 atom stereocenters. The quantitative estimate of drug-likeness (QED) is 0.308. The predicted octanol–water partition coefficient (Wildman–Crippen LogP) is 4.48. The van der Waals surface area contributed by atoms with Gasteiger partial charge in [-0.15, -0.1) is 0 Å². The zero-order valence-corrected chi connectivity index (χ0v) is 12.6. The van der Waals surface area contributed by atoms with Crippen LogP contribution in [0.4, 0.5) is 5.69 Å². The molecule has 0 N–H and O–H groups in total. The second-order valence-electron chi connectivity index (χ2n) is 5.03. The minimum absolute atomic E-state index is 0.0737. The van der Waals surface area contributed by atoms with Gasteiger partial charge in [-0.25, -0.2) is 4.79 Å². The molecule has 0 aliphatic rings. The van der Waals surface area contributed by atoms with Crippen molar-refractivity contribution in [3.8, 4) is 16.9 Å². The normalized spacial score (nSPS) is 10.2. The Morgan fingerprint density at radius 2 is 1.46 bits per heavy atom. The van der Waals surface area contributed by atoms with E-state index in [0.717, 1.165) is 5.56 Å². The van der Waals surface area contributed by atoms with Crippen molar-refractivity contribution in [2.75, 3.05) is 0 Å². The van der Waals surface area contributed by atoms with Crippen LogP contribution in [-0.4, -0.2) is 10.9 Å². The highest BCUT2D eigenvalue weighted by atomic mass is 16.6. The van der Waals surface area contributed by atoms with Crippen LogP contribution in [0.1, 0.15) is 10.4 Å². The van der Waals surface area contributed by atoms with Gasteiger partial charge in [-0.2, -0.15) is 0 Å². The van der Waals surface area contributed by atoms with Gasteiger partial charge in [0.2, 0.25) is 5.75 Å². The van der Waals surface area contributed by atoms with E-state index in [0.29, 0.717) is 11.1 Å². The molecule has 0 saturated carbocycles. The highest BCUT2D eigenvalue weighted by molar-refractivity contribution is 5.98. The Hall–Kier alpha value is -3.47. The standard InChI is InChI=1S/C19H13NO4/c21-19(24-18-13-7-6-12-17(18)20(22)23)16-11-5-4-10-15(16)14-8-2-1-3-9-14/h1-13H. The number of esters is 1. The zero-order valence-electron chi connectivity index (χ0n) is 12.6. The van der Waals surface area contributed by atoms with Crippen molar-refractivity contribution in [1.29, 1.82) is 0 Å². The summed E-state index contributed by atoms with van der Waals surface area (Å²) >= 11 is 0. The maximum absolute atomic E-state index is 12.5. The number of nitro groups is 1. The van der Waals surface area contributed by atoms with Crippen molar-refractivity contribution in [3.05, 3.63) is 94.5 Å². The highest BCUT2D eigenvalue weighted by Crippen LogP contribution is 2.29. The van der Waals surface area contributed by atoms with Gasteiger partial charge in [0, 0.05) is 6.07 Å². The first-order valence-electron chi connectivity index (χ1n) is 7.27. The van der Waals surface area contributed by atoms with Crippen LogP contribution in [0.15, 0.2) is 78.9 Å². The van der Waals surface area contributed by atoms with E-state index in [1.165, 1.54) is 18.2 Å². The summed E-state index contributed by atoms with van der Waals surface area (Å²) in [6.07, 6.45) is 0. The van der Waals surface area contributed by atoms with Crippen molar-refractivity contribution in [2.24, 2.45) is 0 Å². The maximum atomic E-state index is 12.5. The lowest BCUT2D eigenvalue weighted by Gasteiger charge is -2.09. The van der Waals surface area contributed by atoms with E-state index >= 15 is 0 Å². The van der Waals surface area contributed by atoms with Crippen molar-refractivity contribution in [1.82, 2.24) is 0 Å². The zero-order chi connectivity index (χ0) is 16.9. The third-order valence-corrected chi connectivity index (χ3v) is 3.50. The molecule has 0 bridgehead atoms. The second-order valence-corrected chi connectivity index (χ2v) is 5.03. The van der Waals surface area contributed by atoms with Gasteiger partial charge in [-0.1, -0.05) is 60.7 Å². The third-order valence-electron chi connectivity index (χ3n) is 3.50. The Labute approximate surface area is 138 Å². The van der Waals surface area contributed by atoms with Crippen LogP contribution in [0.2, 0.25) is 0 Å². The molecule has 3 aromatic carbocycles. The number of para-hydroxylation sites is 2. The molecule has 118 valence electrons. The van der Waals surface area contributed by atoms with Gasteiger partial charge in [0.05, 0.1) is 10.5 Å². The van der Waals surface area contributed by atoms with Crippen molar-refractivity contribution < 1.29 is 14.5 Å². The number of carbonyl (C=O) groups is 1. The first-order valence-corrected chi connectivity index (χ1v) is 7.27. The summed E-state index contributed by atoms with van der Waals surface area (Å²) in [4.78, 5) is 23.0. The van der Waals surface area contributed by atoms with E-state index < -0.39 is 10.9 Å². The monoisotopic (exact) mass is 319 g/mol. The van der Waals surface area contributed by atoms with Crippen LogP contribution < -0.4 is 4.74 Å². The van der Waals surface area contributed by atoms with E-state index in [4.69, 9.17) is 4.74 Å². The number of hydrogen-bond donors (Lipinski definition) is 0. The smallest absolute Gasteiger partial charge is 0.344 e. The summed E-state index contributed by atoms with van der Waals surface area (Å²) in [5, 5.41) is 11.0. The second kappa shape index (κ2) is 6.75. The molecule has 5 heteroatoms. The largest absolute Gasteiger partial charge is 0.416 e. The van der Waals surface area contributed by atoms with Crippen LogP contribution in [-0.2, 0) is 0 Å². The lowest BCUT2D eigenvalue weighted by Crippen LogP contribution is -2.11. The molecule has 0 heterocycles. The van der Waals surface area contributed by atoms with Gasteiger partial charge in [0.15, 0.2) is 0 Å². The summed E-state index contributed by atoms with van der Waals surface area (Å²) in [5.41, 5.74) is 1.68. The molecule has 0 saturated heterocycles. The van der Waals surface area contributed by atoms with Crippen LogP contribution >= 0.6 is 0 Å². The molecule has 24 heavy (non-hydrogen) atoms. The van der Waals surface area contributed by atoms with Crippen LogP contribution in [0, 0.1) is 10.1 Å². The number of ether oxygens (including phenoxy) is 1. The fraction of sp³-hybridized carbons (Fsp3) is 0. The molecular formula is C19H13NO4. The first-order chi connectivity index (χ1) is 11.7. The highest BCUT2D eigenvalue weighted by Gasteiger charge is 2.20. The Bertz CT molecular complexity index is 891. The average molecular weight is 319 g/mol. The Morgan fingerprint density at radius 1 is 0.833 bits per heavy atom. The third kappa shape index (κ3) is 3.15. The first kappa shape index (κ1) is 15.4. The van der Waals surface area contributed by atoms with Gasteiger partial charge in [0.25, 0.3) is 0 Å². The molecule has 0 aliphatic carbocycles. The van der Waals surface area contributed by atoms with E-state index in [2.05, 4.69) is 0 Å². The molecule has 0 aliphatic heterocycles. The molecule has 0 fully saturated rings. The minimum Gasteiger partial charge on any atom is -0.416 e. The number of carbonyl (C=O) groups excluding carboxylic acids is 1. The van der Waals surface area contributed by atoms with Gasteiger partial charge >= 0.3 is 11.7 Å². The molecule has 5 nitrogen and oxygen atoms in total. The molecular weight excluding hydrogens is 306 g/mol. The van der Waals surface area contributed by atoms with E-state index in [-0.39, 0.29) is 11.4 Å². The topological polar surface area (TPSA) is 69.4 Å². The summed E-state index contributed by atoms with van der Waals surface area (Å²) in [6, 6.07) is 22.2. The van der Waals surface area contributed by atoms with Crippen LogP contribution in [0.5, 0.6) is 5.75 Å². The molecule has 3 aromatic rings. The van der Waals surface area contributed by atoms with Crippen molar-refractivity contribution >= 4 is 11.7 Å². The average Bonchev–Trinajstić information content (AvgIpc) is 2.62. The fourth-order valence-electron chi connectivity index (χ4n) is 2.38. The number of benzene rings is 3. The van der Waals surface area contributed by atoms with Gasteiger partial charge in [-0.3, -0.25) is 10.1 Å². The van der Waals surface area contributed by atoms with Gasteiger partial charge in [-0.05, 0) is 23.3 Å². The van der Waals surface area contributed by atoms with Crippen molar-refractivity contribution in [2.45, 2.75) is 0 Å². The van der Waals surface area contributed by atoms with E-state index in [9.17, 15) is 14.9 Å². The van der Waals surface area contributed by atoms with E-state index in [1.807, 2.05) is 42.5 Å². The van der Waals surface area contributed by atoms with E-state index in [1.54, 1.807) is 18.2 Å². The number of nitro benzene ring substituents is 1. The maximum Gasteiger partial charge on any atom is 0.344 e. The molecule has 0 amide bonds. The Balaban J connectivity index is 1.97. The summed E-state index contributed by atoms with van der Waals surface area (Å²) in [7, 11) is 0. The molecule has 0 unspecified atom stereocenters. The molecule has 0 spiro atoms. The number of hydrogen-bond acceptors (Lipinski definition) is 4. The molecule has 0 radical (unpaired) electrons. The summed E-state index contributed by atoms with van der Waals surface area (Å²) in [6.45, 7) is 0. The van der Waals surface area contributed by atoms with Crippen LogP contribution in [0.3, 0.4) is 0 Å². The SMILES string of the molecule is O=C(Oc1ccccc1[N+](=O)[O-])c1ccccc1-c1ccccc1. The minimum atomic E-state index is -0.635. The summed E-state index contributed by atoms with van der Waals surface area (Å²) < 4.78 is 5.27. The molecule has 3 rings (SSSR count). The number of rotatable bonds is 4. The van der Waals surface area contributed by atoms with Gasteiger partial charge < -0.3 is 4.74 Å². The van der Waals surface area contributed by atoms with Gasteiger partial charge in [0.1, 0.15) is 0 Å².